The number of rotatable bonds is 3. The van der Waals surface area contributed by atoms with E-state index in [1.165, 1.54) is 12.2 Å². The second-order valence-corrected chi connectivity index (χ2v) is 6.69. The summed E-state index contributed by atoms with van der Waals surface area (Å²) >= 11 is 0. The first-order valence-electron chi connectivity index (χ1n) is 8.57. The zero-order valence-electron chi connectivity index (χ0n) is 15.4. The van der Waals surface area contributed by atoms with Gasteiger partial charge in [0, 0.05) is 0 Å². The van der Waals surface area contributed by atoms with Crippen LogP contribution in [0, 0.1) is 20.8 Å². The van der Waals surface area contributed by atoms with Crippen molar-refractivity contribution >= 4 is 17.3 Å². The molecule has 3 rings (SSSR count). The fourth-order valence-electron chi connectivity index (χ4n) is 3.06. The number of phenols is 1. The van der Waals surface area contributed by atoms with E-state index in [9.17, 15) is 19.8 Å². The SMILES string of the molecule is Cc1ccc(C(=C2C=CC(=O)C(C(=O)O)=C2)c2ccc(O)c(C)c2)cc1C. The molecule has 0 saturated carbocycles. The van der Waals surface area contributed by atoms with Gasteiger partial charge in [-0.2, -0.15) is 0 Å². The number of aliphatic carboxylic acids is 1. The average molecular weight is 360 g/mol. The quantitative estimate of drug-likeness (QED) is 0.802. The van der Waals surface area contributed by atoms with Crippen LogP contribution in [0.25, 0.3) is 5.57 Å². The normalized spacial score (nSPS) is 15.5. The highest BCUT2D eigenvalue weighted by molar-refractivity contribution is 6.23. The zero-order chi connectivity index (χ0) is 19.7. The van der Waals surface area contributed by atoms with Crippen molar-refractivity contribution in [1.82, 2.24) is 0 Å². The van der Waals surface area contributed by atoms with Gasteiger partial charge in [0.15, 0.2) is 5.78 Å². The number of hydrogen-bond donors (Lipinski definition) is 2. The summed E-state index contributed by atoms with van der Waals surface area (Å²) in [5.74, 6) is -1.57. The van der Waals surface area contributed by atoms with Gasteiger partial charge in [0.25, 0.3) is 0 Å². The van der Waals surface area contributed by atoms with E-state index in [1.54, 1.807) is 25.1 Å². The topological polar surface area (TPSA) is 74.6 Å². The van der Waals surface area contributed by atoms with E-state index in [0.29, 0.717) is 11.1 Å². The van der Waals surface area contributed by atoms with Crippen LogP contribution in [0.5, 0.6) is 5.75 Å². The molecule has 0 radical (unpaired) electrons. The molecule has 2 aromatic rings. The summed E-state index contributed by atoms with van der Waals surface area (Å²) in [6, 6.07) is 11.3. The molecular formula is C23H20O4. The van der Waals surface area contributed by atoms with E-state index >= 15 is 0 Å². The van der Waals surface area contributed by atoms with E-state index in [1.807, 2.05) is 38.1 Å². The summed E-state index contributed by atoms with van der Waals surface area (Å²) < 4.78 is 0. The van der Waals surface area contributed by atoms with Gasteiger partial charge in [-0.25, -0.2) is 4.79 Å². The maximum atomic E-state index is 11.9. The number of carbonyl (C=O) groups is 2. The second-order valence-electron chi connectivity index (χ2n) is 6.69. The lowest BCUT2D eigenvalue weighted by Crippen LogP contribution is -2.13. The molecule has 0 spiro atoms. The van der Waals surface area contributed by atoms with Crippen molar-refractivity contribution in [2.24, 2.45) is 0 Å². The number of aryl methyl sites for hydroxylation is 3. The van der Waals surface area contributed by atoms with E-state index < -0.39 is 11.8 Å². The highest BCUT2D eigenvalue weighted by Gasteiger charge is 2.21. The van der Waals surface area contributed by atoms with Crippen molar-refractivity contribution in [3.8, 4) is 5.75 Å². The molecule has 0 unspecified atom stereocenters. The molecule has 27 heavy (non-hydrogen) atoms. The van der Waals surface area contributed by atoms with Gasteiger partial charge < -0.3 is 10.2 Å². The number of allylic oxidation sites excluding steroid dienone is 4. The minimum Gasteiger partial charge on any atom is -0.508 e. The molecule has 2 aromatic carbocycles. The first-order valence-corrected chi connectivity index (χ1v) is 8.57. The highest BCUT2D eigenvalue weighted by atomic mass is 16.4. The van der Waals surface area contributed by atoms with Crippen LogP contribution in [0.3, 0.4) is 0 Å². The van der Waals surface area contributed by atoms with Gasteiger partial charge >= 0.3 is 5.97 Å². The van der Waals surface area contributed by atoms with E-state index in [2.05, 4.69) is 0 Å². The predicted molar refractivity (Wildman–Crippen MR) is 105 cm³/mol. The van der Waals surface area contributed by atoms with Gasteiger partial charge in [-0.05, 0) is 84.0 Å². The minimum atomic E-state index is -1.25. The van der Waals surface area contributed by atoms with Gasteiger partial charge in [0.1, 0.15) is 11.3 Å². The summed E-state index contributed by atoms with van der Waals surface area (Å²) in [5.41, 5.74) is 5.92. The molecular weight excluding hydrogens is 340 g/mol. The smallest absolute Gasteiger partial charge is 0.339 e. The van der Waals surface area contributed by atoms with Crippen LogP contribution in [-0.2, 0) is 9.59 Å². The molecule has 0 atom stereocenters. The van der Waals surface area contributed by atoms with Gasteiger partial charge in [0.05, 0.1) is 0 Å². The molecule has 2 N–H and O–H groups in total. The summed E-state index contributed by atoms with van der Waals surface area (Å²) in [5, 5.41) is 19.2. The van der Waals surface area contributed by atoms with Crippen LogP contribution in [-0.4, -0.2) is 22.0 Å². The van der Waals surface area contributed by atoms with Gasteiger partial charge in [-0.1, -0.05) is 30.3 Å². The fraction of sp³-hybridized carbons (Fsp3) is 0.130. The van der Waals surface area contributed by atoms with Gasteiger partial charge in [-0.15, -0.1) is 0 Å². The zero-order valence-corrected chi connectivity index (χ0v) is 15.4. The van der Waals surface area contributed by atoms with Crippen molar-refractivity contribution in [3.63, 3.8) is 0 Å². The Morgan fingerprint density at radius 1 is 0.852 bits per heavy atom. The first-order chi connectivity index (χ1) is 12.8. The number of benzene rings is 2. The van der Waals surface area contributed by atoms with Gasteiger partial charge in [0.2, 0.25) is 0 Å². The Morgan fingerprint density at radius 2 is 1.48 bits per heavy atom. The Bertz CT molecular complexity index is 999. The lowest BCUT2D eigenvalue weighted by Gasteiger charge is -2.16. The van der Waals surface area contributed by atoms with E-state index in [-0.39, 0.29) is 11.3 Å². The molecule has 0 saturated heterocycles. The molecule has 0 bridgehead atoms. The molecule has 0 aliphatic heterocycles. The summed E-state index contributed by atoms with van der Waals surface area (Å²) in [6.45, 7) is 5.85. The van der Waals surface area contributed by atoms with Crippen LogP contribution in [0.15, 0.2) is 65.8 Å². The molecule has 0 fully saturated rings. The van der Waals surface area contributed by atoms with Crippen molar-refractivity contribution in [2.75, 3.05) is 0 Å². The number of phenolic OH excluding ortho intramolecular Hbond substituents is 1. The Kier molecular flexibility index (Phi) is 4.82. The molecule has 0 heterocycles. The molecule has 0 amide bonds. The molecule has 4 nitrogen and oxygen atoms in total. The maximum absolute atomic E-state index is 11.9. The minimum absolute atomic E-state index is 0.194. The first kappa shape index (κ1) is 18.4. The Balaban J connectivity index is 2.32. The number of hydrogen-bond acceptors (Lipinski definition) is 3. The molecule has 4 heteroatoms. The fourth-order valence-corrected chi connectivity index (χ4v) is 3.06. The van der Waals surface area contributed by atoms with Crippen LogP contribution in [0.2, 0.25) is 0 Å². The van der Waals surface area contributed by atoms with Crippen LogP contribution in [0.4, 0.5) is 0 Å². The summed E-state index contributed by atoms with van der Waals surface area (Å²) in [6.07, 6.45) is 4.34. The molecule has 0 aromatic heterocycles. The van der Waals surface area contributed by atoms with Crippen molar-refractivity contribution < 1.29 is 19.8 Å². The van der Waals surface area contributed by atoms with Crippen molar-refractivity contribution in [2.45, 2.75) is 20.8 Å². The Hall–Kier alpha value is -3.40. The number of ketones is 1. The third-order valence-electron chi connectivity index (χ3n) is 4.78. The lowest BCUT2D eigenvalue weighted by atomic mass is 9.87. The summed E-state index contributed by atoms with van der Waals surface area (Å²) in [4.78, 5) is 23.3. The third-order valence-corrected chi connectivity index (χ3v) is 4.78. The second kappa shape index (κ2) is 7.08. The monoisotopic (exact) mass is 360 g/mol. The number of aromatic hydroxyl groups is 1. The molecule has 1 aliphatic rings. The van der Waals surface area contributed by atoms with Crippen molar-refractivity contribution in [3.05, 3.63) is 93.6 Å². The maximum Gasteiger partial charge on any atom is 0.339 e. The van der Waals surface area contributed by atoms with Crippen LogP contribution in [0.1, 0.15) is 27.8 Å². The van der Waals surface area contributed by atoms with Crippen LogP contribution >= 0.6 is 0 Å². The third kappa shape index (κ3) is 3.60. The lowest BCUT2D eigenvalue weighted by molar-refractivity contribution is -0.134. The van der Waals surface area contributed by atoms with Crippen molar-refractivity contribution in [1.29, 1.82) is 0 Å². The highest BCUT2D eigenvalue weighted by Crippen LogP contribution is 2.33. The molecule has 136 valence electrons. The average Bonchev–Trinajstić information content (AvgIpc) is 2.62. The van der Waals surface area contributed by atoms with Crippen LogP contribution < -0.4 is 0 Å². The Morgan fingerprint density at radius 3 is 2.07 bits per heavy atom. The van der Waals surface area contributed by atoms with Gasteiger partial charge in [-0.3, -0.25) is 4.79 Å². The Labute approximate surface area is 157 Å². The van der Waals surface area contributed by atoms with E-state index in [4.69, 9.17) is 0 Å². The standard InChI is InChI=1S/C23H20O4/c1-13-4-5-16(10-14(13)2)22(17-6-8-20(24)15(3)11-17)18-7-9-21(25)19(12-18)23(26)27/h4-12,24H,1-3H3,(H,26,27). The largest absolute Gasteiger partial charge is 0.508 e. The number of carboxylic acids is 1. The number of carboxylic acid groups (broad SMARTS) is 1. The predicted octanol–water partition coefficient (Wildman–Crippen LogP) is 4.27. The number of carbonyl (C=O) groups excluding carboxylic acids is 1. The molecule has 1 aliphatic carbocycles. The summed E-state index contributed by atoms with van der Waals surface area (Å²) in [7, 11) is 0. The van der Waals surface area contributed by atoms with E-state index in [0.717, 1.165) is 27.8 Å².